The van der Waals surface area contributed by atoms with Crippen molar-refractivity contribution in [2.24, 2.45) is 11.3 Å². The summed E-state index contributed by atoms with van der Waals surface area (Å²) < 4.78 is 6.11. The molecule has 3 atom stereocenters. The second-order valence-corrected chi connectivity index (χ2v) is 6.07. The molecule has 0 aromatic carbocycles. The Balaban J connectivity index is 2.12. The maximum absolute atomic E-state index is 11.1. The summed E-state index contributed by atoms with van der Waals surface area (Å²) in [5.41, 5.74) is 0.298. The standard InChI is InChI=1S/C13H22O2/c1-9(14)5-6-10-12(2,3)11-7-8-13(10,4)15-11/h10-11H,5-8H2,1-4H3. The quantitative estimate of drug-likeness (QED) is 0.716. The van der Waals surface area contributed by atoms with E-state index in [0.717, 1.165) is 6.42 Å². The maximum Gasteiger partial charge on any atom is 0.129 e. The zero-order valence-electron chi connectivity index (χ0n) is 10.3. The van der Waals surface area contributed by atoms with Crippen molar-refractivity contribution in [2.45, 2.75) is 65.1 Å². The molecule has 0 N–H and O–H groups in total. The van der Waals surface area contributed by atoms with Crippen LogP contribution in [0.4, 0.5) is 0 Å². The summed E-state index contributed by atoms with van der Waals surface area (Å²) in [7, 11) is 0. The normalized spacial score (nSPS) is 42.1. The number of carbonyl (C=O) groups excluding carboxylic acids is 1. The third-order valence-electron chi connectivity index (χ3n) is 4.56. The third-order valence-corrected chi connectivity index (χ3v) is 4.56. The van der Waals surface area contributed by atoms with Crippen LogP contribution in [0.15, 0.2) is 0 Å². The minimum atomic E-state index is 0.0453. The van der Waals surface area contributed by atoms with Crippen molar-refractivity contribution in [3.05, 3.63) is 0 Å². The maximum atomic E-state index is 11.1. The van der Waals surface area contributed by atoms with Gasteiger partial charge in [-0.25, -0.2) is 0 Å². The number of hydrogen-bond acceptors (Lipinski definition) is 2. The lowest BCUT2D eigenvalue weighted by Crippen LogP contribution is -2.40. The van der Waals surface area contributed by atoms with Crippen LogP contribution in [0.5, 0.6) is 0 Å². The Labute approximate surface area is 92.4 Å². The van der Waals surface area contributed by atoms with Gasteiger partial charge in [-0.05, 0) is 44.4 Å². The van der Waals surface area contributed by atoms with Gasteiger partial charge < -0.3 is 9.53 Å². The summed E-state index contributed by atoms with van der Waals surface area (Å²) in [6, 6.07) is 0. The van der Waals surface area contributed by atoms with Gasteiger partial charge in [0.05, 0.1) is 11.7 Å². The molecule has 2 rings (SSSR count). The molecule has 0 spiro atoms. The topological polar surface area (TPSA) is 26.3 Å². The second-order valence-electron chi connectivity index (χ2n) is 6.07. The van der Waals surface area contributed by atoms with Gasteiger partial charge in [0.1, 0.15) is 5.78 Å². The highest BCUT2D eigenvalue weighted by Gasteiger charge is 2.60. The van der Waals surface area contributed by atoms with Gasteiger partial charge in [0.15, 0.2) is 0 Å². The third kappa shape index (κ3) is 1.63. The Morgan fingerprint density at radius 2 is 2.07 bits per heavy atom. The van der Waals surface area contributed by atoms with Crippen LogP contribution >= 0.6 is 0 Å². The van der Waals surface area contributed by atoms with Gasteiger partial charge in [0, 0.05) is 6.42 Å². The summed E-state index contributed by atoms with van der Waals surface area (Å²) in [5.74, 6) is 0.852. The summed E-state index contributed by atoms with van der Waals surface area (Å²) >= 11 is 0. The Kier molecular flexibility index (Phi) is 2.45. The minimum absolute atomic E-state index is 0.0453. The molecule has 0 amide bonds. The van der Waals surface area contributed by atoms with Crippen LogP contribution in [0, 0.1) is 11.3 Å². The first-order valence-corrected chi connectivity index (χ1v) is 6.03. The number of fused-ring (bicyclic) bond motifs is 2. The second kappa shape index (κ2) is 3.31. The van der Waals surface area contributed by atoms with E-state index >= 15 is 0 Å². The number of rotatable bonds is 3. The van der Waals surface area contributed by atoms with Crippen LogP contribution in [-0.2, 0) is 9.53 Å². The first-order chi connectivity index (χ1) is 6.86. The zero-order valence-corrected chi connectivity index (χ0v) is 10.3. The van der Waals surface area contributed by atoms with Crippen LogP contribution in [0.1, 0.15) is 53.4 Å². The van der Waals surface area contributed by atoms with E-state index in [1.54, 1.807) is 6.92 Å². The number of ether oxygens (including phenoxy) is 1. The van der Waals surface area contributed by atoms with Gasteiger partial charge in [-0.1, -0.05) is 13.8 Å². The van der Waals surface area contributed by atoms with Gasteiger partial charge >= 0.3 is 0 Å². The van der Waals surface area contributed by atoms with Gasteiger partial charge in [-0.3, -0.25) is 0 Å². The molecule has 0 aromatic rings. The predicted molar refractivity (Wildman–Crippen MR) is 59.7 cm³/mol. The number of hydrogen-bond donors (Lipinski definition) is 0. The molecule has 0 aromatic heterocycles. The van der Waals surface area contributed by atoms with Crippen LogP contribution < -0.4 is 0 Å². The molecule has 2 saturated heterocycles. The van der Waals surface area contributed by atoms with E-state index in [1.807, 2.05) is 0 Å². The van der Waals surface area contributed by atoms with Crippen LogP contribution in [-0.4, -0.2) is 17.5 Å². The molecule has 2 aliphatic rings. The van der Waals surface area contributed by atoms with E-state index in [2.05, 4.69) is 20.8 Å². The molecule has 86 valence electrons. The fraction of sp³-hybridized carbons (Fsp3) is 0.923. The average molecular weight is 210 g/mol. The fourth-order valence-electron chi connectivity index (χ4n) is 3.68. The van der Waals surface area contributed by atoms with Crippen LogP contribution in [0.3, 0.4) is 0 Å². The molecular formula is C13H22O2. The first kappa shape index (κ1) is 11.1. The summed E-state index contributed by atoms with van der Waals surface area (Å²) in [6.07, 6.45) is 4.48. The lowest BCUT2D eigenvalue weighted by atomic mass is 9.62. The number of carbonyl (C=O) groups is 1. The Hall–Kier alpha value is -0.370. The number of ketones is 1. The molecule has 2 aliphatic heterocycles. The first-order valence-electron chi connectivity index (χ1n) is 6.03. The van der Waals surface area contributed by atoms with Crippen LogP contribution in [0.25, 0.3) is 0 Å². The molecule has 2 fully saturated rings. The van der Waals surface area contributed by atoms with Crippen molar-refractivity contribution in [1.82, 2.24) is 0 Å². The largest absolute Gasteiger partial charge is 0.371 e. The minimum Gasteiger partial charge on any atom is -0.371 e. The molecule has 0 aliphatic carbocycles. The lowest BCUT2D eigenvalue weighted by Gasteiger charge is -2.39. The Morgan fingerprint density at radius 1 is 1.40 bits per heavy atom. The molecule has 0 radical (unpaired) electrons. The van der Waals surface area contributed by atoms with Gasteiger partial charge in [0.25, 0.3) is 0 Å². The summed E-state index contributed by atoms with van der Waals surface area (Å²) in [6.45, 7) is 8.51. The highest BCUT2D eigenvalue weighted by atomic mass is 16.5. The molecule has 2 heteroatoms. The molecule has 0 saturated carbocycles. The van der Waals surface area contributed by atoms with Crippen molar-refractivity contribution < 1.29 is 9.53 Å². The Bertz CT molecular complexity index is 278. The molecular weight excluding hydrogens is 188 g/mol. The average Bonchev–Trinajstić information content (AvgIpc) is 2.54. The highest BCUT2D eigenvalue weighted by Crippen LogP contribution is 2.58. The lowest BCUT2D eigenvalue weighted by molar-refractivity contribution is -0.117. The molecule has 2 heterocycles. The molecule has 3 unspecified atom stereocenters. The number of Topliss-reactive ketones (excluding diaryl/α,β-unsaturated/α-hetero) is 1. The summed E-state index contributed by atoms with van der Waals surface area (Å²) in [4.78, 5) is 11.1. The monoisotopic (exact) mass is 210 g/mol. The van der Waals surface area contributed by atoms with Crippen molar-refractivity contribution in [2.75, 3.05) is 0 Å². The van der Waals surface area contributed by atoms with Crippen molar-refractivity contribution in [3.8, 4) is 0 Å². The fourth-order valence-corrected chi connectivity index (χ4v) is 3.68. The van der Waals surface area contributed by atoms with Crippen LogP contribution in [0.2, 0.25) is 0 Å². The smallest absolute Gasteiger partial charge is 0.129 e. The van der Waals surface area contributed by atoms with Crippen molar-refractivity contribution in [3.63, 3.8) is 0 Å². The predicted octanol–water partition coefficient (Wildman–Crippen LogP) is 2.95. The Morgan fingerprint density at radius 3 is 2.53 bits per heavy atom. The SMILES string of the molecule is CC(=O)CCC1C2(C)CCC(O2)C1(C)C. The van der Waals surface area contributed by atoms with E-state index in [1.165, 1.54) is 12.8 Å². The molecule has 15 heavy (non-hydrogen) atoms. The van der Waals surface area contributed by atoms with E-state index in [4.69, 9.17) is 4.74 Å². The van der Waals surface area contributed by atoms with E-state index in [-0.39, 0.29) is 11.0 Å². The van der Waals surface area contributed by atoms with E-state index in [0.29, 0.717) is 24.2 Å². The summed E-state index contributed by atoms with van der Waals surface area (Å²) in [5, 5.41) is 0. The van der Waals surface area contributed by atoms with Gasteiger partial charge in [0.2, 0.25) is 0 Å². The van der Waals surface area contributed by atoms with Crippen molar-refractivity contribution in [1.29, 1.82) is 0 Å². The highest BCUT2D eigenvalue weighted by molar-refractivity contribution is 5.75. The van der Waals surface area contributed by atoms with E-state index in [9.17, 15) is 4.79 Å². The van der Waals surface area contributed by atoms with Gasteiger partial charge in [-0.15, -0.1) is 0 Å². The van der Waals surface area contributed by atoms with Gasteiger partial charge in [-0.2, -0.15) is 0 Å². The van der Waals surface area contributed by atoms with E-state index < -0.39 is 0 Å². The molecule has 2 bridgehead atoms. The zero-order chi connectivity index (χ0) is 11.3. The molecule has 2 nitrogen and oxygen atoms in total. The van der Waals surface area contributed by atoms with Crippen molar-refractivity contribution >= 4 is 5.78 Å².